The van der Waals surface area contributed by atoms with Gasteiger partial charge in [-0.05, 0) is 13.3 Å². The van der Waals surface area contributed by atoms with Crippen molar-refractivity contribution in [3.05, 3.63) is 26.5 Å². The Morgan fingerprint density at radius 2 is 2.15 bits per heavy atom. The van der Waals surface area contributed by atoms with Crippen LogP contribution in [0.3, 0.4) is 0 Å². The Kier molecular flexibility index (Phi) is 3.23. The van der Waals surface area contributed by atoms with Crippen LogP contribution in [-0.2, 0) is 0 Å². The van der Waals surface area contributed by atoms with Crippen LogP contribution in [0, 0.1) is 0 Å². The second kappa shape index (κ2) is 4.21. The zero-order valence-corrected chi connectivity index (χ0v) is 8.09. The summed E-state index contributed by atoms with van der Waals surface area (Å²) in [4.78, 5) is 21.5. The van der Waals surface area contributed by atoms with Crippen molar-refractivity contribution in [1.29, 1.82) is 0 Å². The summed E-state index contributed by atoms with van der Waals surface area (Å²) in [6.45, 7) is 4.15. The van der Waals surface area contributed by atoms with E-state index in [2.05, 4.69) is 12.2 Å². The molecule has 1 atom stereocenters. The number of nitrogens with one attached hydrogen (secondary N) is 1. The maximum atomic E-state index is 10.9. The lowest BCUT2D eigenvalue weighted by atomic mass is 10.1. The topological polar surface area (TPSA) is 46.2 Å². The van der Waals surface area contributed by atoms with E-state index in [-0.39, 0.29) is 16.9 Å². The summed E-state index contributed by atoms with van der Waals surface area (Å²) in [5, 5.41) is 3.02. The molecule has 0 aromatic heterocycles. The molecule has 0 aliphatic carbocycles. The van der Waals surface area contributed by atoms with Crippen molar-refractivity contribution in [2.75, 3.05) is 5.32 Å². The highest BCUT2D eigenvalue weighted by molar-refractivity contribution is 5.47. The lowest BCUT2D eigenvalue weighted by molar-refractivity contribution is 0.644. The van der Waals surface area contributed by atoms with Gasteiger partial charge in [-0.25, -0.2) is 0 Å². The average molecular weight is 181 g/mol. The average Bonchev–Trinajstić information content (AvgIpc) is 2.13. The molecule has 1 aromatic carbocycles. The molecule has 0 amide bonds. The van der Waals surface area contributed by atoms with Gasteiger partial charge in [-0.3, -0.25) is 9.59 Å². The molecule has 1 N–H and O–H groups in total. The van der Waals surface area contributed by atoms with Gasteiger partial charge in [0.1, 0.15) is 0 Å². The molecule has 13 heavy (non-hydrogen) atoms. The van der Waals surface area contributed by atoms with E-state index >= 15 is 0 Å². The van der Waals surface area contributed by atoms with Gasteiger partial charge in [-0.2, -0.15) is 0 Å². The molecule has 0 radical (unpaired) electrons. The molecule has 0 aliphatic rings. The minimum Gasteiger partial charge on any atom is -0.379 e. The van der Waals surface area contributed by atoms with Gasteiger partial charge in [0.25, 0.3) is 0 Å². The van der Waals surface area contributed by atoms with E-state index in [1.807, 2.05) is 6.92 Å². The molecule has 0 saturated heterocycles. The summed E-state index contributed by atoms with van der Waals surface area (Å²) in [7, 11) is 0. The van der Waals surface area contributed by atoms with E-state index in [1.165, 1.54) is 6.07 Å². The van der Waals surface area contributed by atoms with Crippen molar-refractivity contribution in [3.8, 4) is 0 Å². The van der Waals surface area contributed by atoms with Crippen LogP contribution in [0.25, 0.3) is 0 Å². The molecule has 1 aromatic rings. The van der Waals surface area contributed by atoms with E-state index < -0.39 is 0 Å². The van der Waals surface area contributed by atoms with Gasteiger partial charge >= 0.3 is 0 Å². The van der Waals surface area contributed by atoms with Crippen molar-refractivity contribution in [1.82, 2.24) is 0 Å². The van der Waals surface area contributed by atoms with Crippen LogP contribution in [0.5, 0.6) is 0 Å². The largest absolute Gasteiger partial charge is 0.379 e. The molecule has 0 saturated carbocycles. The Morgan fingerprint density at radius 3 is 2.62 bits per heavy atom. The van der Waals surface area contributed by atoms with E-state index in [0.717, 1.165) is 19.3 Å². The Bertz CT molecular complexity index is 336. The lowest BCUT2D eigenvalue weighted by Crippen LogP contribution is -2.34. The second-order valence-electron chi connectivity index (χ2n) is 3.44. The fourth-order valence-electron chi connectivity index (χ4n) is 1.27. The van der Waals surface area contributed by atoms with Crippen molar-refractivity contribution >= 4 is 5.69 Å². The maximum absolute atomic E-state index is 10.9. The number of rotatable bonds is 5. The minimum atomic E-state index is -0.384. The van der Waals surface area contributed by atoms with Crippen molar-refractivity contribution < 1.29 is 0 Å². The Hall–Kier alpha value is -1.12. The molecule has 1 rings (SSSR count). The number of anilines is 1. The molecule has 0 aliphatic heterocycles. The third-order valence-electron chi connectivity index (χ3n) is 2.14. The quantitative estimate of drug-likeness (QED) is 0.696. The van der Waals surface area contributed by atoms with Crippen LogP contribution in [0.4, 0.5) is 5.69 Å². The number of unbranched alkanes of at least 4 members (excludes halogenated alkanes) is 1. The monoisotopic (exact) mass is 181 g/mol. The van der Waals surface area contributed by atoms with Gasteiger partial charge < -0.3 is 5.32 Å². The highest BCUT2D eigenvalue weighted by Gasteiger charge is 2.10. The van der Waals surface area contributed by atoms with Crippen LogP contribution in [0.15, 0.2) is 15.7 Å². The summed E-state index contributed by atoms with van der Waals surface area (Å²) in [6, 6.07) is 1.65. The molecular weight excluding hydrogens is 166 g/mol. The fraction of sp³-hybridized carbons (Fsp3) is 0.600. The van der Waals surface area contributed by atoms with Gasteiger partial charge in [-0.15, -0.1) is 0 Å². The van der Waals surface area contributed by atoms with Crippen LogP contribution < -0.4 is 16.2 Å². The van der Waals surface area contributed by atoms with E-state index in [4.69, 9.17) is 0 Å². The Balaban J connectivity index is 2.38. The molecule has 3 nitrogen and oxygen atoms in total. The minimum absolute atomic E-state index is 0.281. The third kappa shape index (κ3) is 2.41. The summed E-state index contributed by atoms with van der Waals surface area (Å²) < 4.78 is 0. The molecule has 0 spiro atoms. The zero-order valence-electron chi connectivity index (χ0n) is 8.09. The third-order valence-corrected chi connectivity index (χ3v) is 2.14. The van der Waals surface area contributed by atoms with Crippen LogP contribution in [-0.4, -0.2) is 6.04 Å². The Labute approximate surface area is 77.5 Å². The summed E-state index contributed by atoms with van der Waals surface area (Å²) in [5.74, 6) is 0. The second-order valence-corrected chi connectivity index (χ2v) is 3.44. The van der Waals surface area contributed by atoms with Crippen LogP contribution in [0.1, 0.15) is 33.1 Å². The molecule has 72 valence electrons. The summed E-state index contributed by atoms with van der Waals surface area (Å²) in [6.07, 6.45) is 3.33. The van der Waals surface area contributed by atoms with Gasteiger partial charge in [0, 0.05) is 12.1 Å². The number of hydrogen-bond acceptors (Lipinski definition) is 3. The van der Waals surface area contributed by atoms with E-state index in [1.54, 1.807) is 0 Å². The SMILES string of the molecule is CCCCC(C)Nc1cc(=O)c1=O. The standard InChI is InChI=1S/C10H15NO2/c1-3-4-5-7(2)11-8-6-9(12)10(8)13/h6-7,11H,3-5H2,1-2H3. The molecule has 0 fully saturated rings. The van der Waals surface area contributed by atoms with Crippen molar-refractivity contribution in [3.63, 3.8) is 0 Å². The van der Waals surface area contributed by atoms with Crippen LogP contribution in [0.2, 0.25) is 0 Å². The highest BCUT2D eigenvalue weighted by Crippen LogP contribution is 2.05. The highest BCUT2D eigenvalue weighted by atomic mass is 16.2. The molecule has 3 heteroatoms. The first-order chi connectivity index (χ1) is 6.15. The molecule has 0 heterocycles. The lowest BCUT2D eigenvalue weighted by Gasteiger charge is -2.14. The van der Waals surface area contributed by atoms with E-state index in [0.29, 0.717) is 5.69 Å². The fourth-order valence-corrected chi connectivity index (χ4v) is 1.27. The first-order valence-corrected chi connectivity index (χ1v) is 4.72. The first-order valence-electron chi connectivity index (χ1n) is 4.72. The summed E-state index contributed by atoms with van der Waals surface area (Å²) in [5.41, 5.74) is -0.276. The smallest absolute Gasteiger partial charge is 0.248 e. The maximum Gasteiger partial charge on any atom is 0.248 e. The first kappa shape index (κ1) is 9.96. The van der Waals surface area contributed by atoms with Gasteiger partial charge in [0.15, 0.2) is 0 Å². The number of hydrogen-bond donors (Lipinski definition) is 1. The zero-order chi connectivity index (χ0) is 9.84. The van der Waals surface area contributed by atoms with E-state index in [9.17, 15) is 9.59 Å². The molecule has 0 bridgehead atoms. The predicted molar refractivity (Wildman–Crippen MR) is 54.0 cm³/mol. The van der Waals surface area contributed by atoms with Gasteiger partial charge in [-0.1, -0.05) is 19.8 Å². The van der Waals surface area contributed by atoms with Gasteiger partial charge in [0.05, 0.1) is 5.69 Å². The van der Waals surface area contributed by atoms with Crippen molar-refractivity contribution in [2.24, 2.45) is 0 Å². The van der Waals surface area contributed by atoms with Crippen LogP contribution >= 0.6 is 0 Å². The normalized spacial score (nSPS) is 13.1. The van der Waals surface area contributed by atoms with Crippen molar-refractivity contribution in [2.45, 2.75) is 39.2 Å². The molecular formula is C10H15NO2. The predicted octanol–water partition coefficient (Wildman–Crippen LogP) is 1.27. The Morgan fingerprint density at radius 1 is 1.46 bits per heavy atom. The molecule has 1 unspecified atom stereocenters. The van der Waals surface area contributed by atoms with Gasteiger partial charge in [0.2, 0.25) is 10.9 Å². The summed E-state index contributed by atoms with van der Waals surface area (Å²) >= 11 is 0.